The third kappa shape index (κ3) is 3.33. The Morgan fingerprint density at radius 2 is 2.00 bits per heavy atom. The maximum atomic E-state index is 10.4. The summed E-state index contributed by atoms with van der Waals surface area (Å²) in [6.45, 7) is 0. The molecular formula is C11H9N3O3. The van der Waals surface area contributed by atoms with Crippen LogP contribution < -0.4 is 0 Å². The number of aromatic hydroxyl groups is 1. The van der Waals surface area contributed by atoms with E-state index in [0.29, 0.717) is 5.56 Å². The number of benzene rings is 1. The van der Waals surface area contributed by atoms with Crippen molar-refractivity contribution in [3.63, 3.8) is 0 Å². The van der Waals surface area contributed by atoms with E-state index >= 15 is 0 Å². The molecule has 0 aromatic heterocycles. The van der Waals surface area contributed by atoms with Crippen LogP contribution in [0, 0.1) is 32.8 Å². The van der Waals surface area contributed by atoms with E-state index in [9.17, 15) is 15.2 Å². The van der Waals surface area contributed by atoms with Gasteiger partial charge in [0, 0.05) is 6.07 Å². The number of hydrogen-bond donors (Lipinski definition) is 1. The highest BCUT2D eigenvalue weighted by molar-refractivity contribution is 5.65. The van der Waals surface area contributed by atoms with Crippen LogP contribution in [0.15, 0.2) is 23.8 Å². The molecule has 0 aliphatic rings. The lowest BCUT2D eigenvalue weighted by Crippen LogP contribution is -1.88. The summed E-state index contributed by atoms with van der Waals surface area (Å²) in [6.07, 6.45) is 1.23. The lowest BCUT2D eigenvalue weighted by Gasteiger charge is -1.97. The van der Waals surface area contributed by atoms with E-state index in [0.717, 1.165) is 12.1 Å². The van der Waals surface area contributed by atoms with E-state index in [1.165, 1.54) is 12.1 Å². The molecule has 0 bridgehead atoms. The van der Waals surface area contributed by atoms with Gasteiger partial charge in [0.2, 0.25) is 0 Å². The smallest absolute Gasteiger partial charge is 0.310 e. The molecule has 0 fully saturated rings. The predicted octanol–water partition coefficient (Wildman–Crippen LogP) is 2.37. The van der Waals surface area contributed by atoms with Crippen molar-refractivity contribution in [3.8, 4) is 17.9 Å². The third-order valence-corrected chi connectivity index (χ3v) is 1.75. The predicted molar refractivity (Wildman–Crippen MR) is 60.7 cm³/mol. The largest absolute Gasteiger partial charge is 0.502 e. The fourth-order valence-corrected chi connectivity index (χ4v) is 1.04. The lowest BCUT2D eigenvalue weighted by atomic mass is 10.1. The highest BCUT2D eigenvalue weighted by Crippen LogP contribution is 2.26. The molecule has 0 amide bonds. The van der Waals surface area contributed by atoms with Gasteiger partial charge in [-0.2, -0.15) is 10.5 Å². The van der Waals surface area contributed by atoms with Crippen LogP contribution in [-0.4, -0.2) is 10.0 Å². The fourth-order valence-electron chi connectivity index (χ4n) is 1.04. The molecule has 0 unspecified atom stereocenters. The summed E-state index contributed by atoms with van der Waals surface area (Å²) < 4.78 is 0. The van der Waals surface area contributed by atoms with Crippen LogP contribution in [0.4, 0.5) is 5.69 Å². The van der Waals surface area contributed by atoms with Crippen molar-refractivity contribution >= 4 is 11.8 Å². The van der Waals surface area contributed by atoms with Crippen LogP contribution in [0.1, 0.15) is 13.0 Å². The molecule has 86 valence electrons. The van der Waals surface area contributed by atoms with Crippen molar-refractivity contribution in [2.24, 2.45) is 0 Å². The number of nitriles is 2. The molecule has 1 aromatic rings. The summed E-state index contributed by atoms with van der Waals surface area (Å²) in [4.78, 5) is 9.67. The summed E-state index contributed by atoms with van der Waals surface area (Å²) in [5.74, 6) is -0.506. The molecule has 1 rings (SSSR count). The van der Waals surface area contributed by atoms with Crippen molar-refractivity contribution in [1.82, 2.24) is 0 Å². The highest BCUT2D eigenvalue weighted by Gasteiger charge is 2.12. The van der Waals surface area contributed by atoms with Crippen molar-refractivity contribution in [2.75, 3.05) is 0 Å². The first kappa shape index (κ1) is 14.1. The van der Waals surface area contributed by atoms with Crippen molar-refractivity contribution < 1.29 is 10.0 Å². The Balaban J connectivity index is 0.00000256. The summed E-state index contributed by atoms with van der Waals surface area (Å²) in [7, 11) is 0. The number of allylic oxidation sites excluding steroid dienone is 1. The Morgan fingerprint density at radius 3 is 2.41 bits per heavy atom. The monoisotopic (exact) mass is 231 g/mol. The standard InChI is InChI=1S/C10H5N3O3.CH4/c11-5-8(6-12)3-7-1-2-9(13(15)16)10(14)4-7;/h1-4,14H;1H4. The van der Waals surface area contributed by atoms with Crippen LogP contribution in [0.3, 0.4) is 0 Å². The minimum absolute atomic E-state index is 0. The number of nitro groups is 1. The van der Waals surface area contributed by atoms with E-state index < -0.39 is 16.4 Å². The van der Waals surface area contributed by atoms with E-state index in [4.69, 9.17) is 10.5 Å². The Labute approximate surface area is 97.8 Å². The minimum atomic E-state index is -0.724. The molecule has 0 aliphatic heterocycles. The molecule has 6 heteroatoms. The van der Waals surface area contributed by atoms with E-state index in [1.807, 2.05) is 0 Å². The van der Waals surface area contributed by atoms with Crippen LogP contribution in [0.2, 0.25) is 0 Å². The van der Waals surface area contributed by atoms with Gasteiger partial charge in [-0.15, -0.1) is 0 Å². The SMILES string of the molecule is C.N#CC(C#N)=Cc1ccc([N+](=O)[O-])c(O)c1. The van der Waals surface area contributed by atoms with E-state index in [-0.39, 0.29) is 13.0 Å². The van der Waals surface area contributed by atoms with Crippen molar-refractivity contribution in [1.29, 1.82) is 10.5 Å². The molecule has 1 N–H and O–H groups in total. The number of rotatable bonds is 2. The molecule has 0 radical (unpaired) electrons. The normalized spacial score (nSPS) is 8.12. The summed E-state index contributed by atoms with van der Waals surface area (Å²) in [5.41, 5.74) is -0.220. The van der Waals surface area contributed by atoms with Gasteiger partial charge in [-0.3, -0.25) is 10.1 Å². The molecule has 0 aliphatic carbocycles. The second kappa shape index (κ2) is 5.89. The Kier molecular flexibility index (Phi) is 4.90. The first-order valence-corrected chi connectivity index (χ1v) is 4.07. The zero-order valence-electron chi connectivity index (χ0n) is 7.91. The van der Waals surface area contributed by atoms with Gasteiger partial charge < -0.3 is 5.11 Å². The fraction of sp³-hybridized carbons (Fsp3) is 0.0909. The third-order valence-electron chi connectivity index (χ3n) is 1.75. The Hall–Kier alpha value is -2.86. The quantitative estimate of drug-likeness (QED) is 0.477. The number of phenolic OH excluding ortho intramolecular Hbond substituents is 1. The first-order chi connectivity index (χ1) is 7.58. The minimum Gasteiger partial charge on any atom is -0.502 e. The van der Waals surface area contributed by atoms with E-state index in [2.05, 4.69) is 0 Å². The molecule has 0 spiro atoms. The second-order valence-corrected chi connectivity index (χ2v) is 2.79. The van der Waals surface area contributed by atoms with Crippen LogP contribution in [0.25, 0.3) is 6.08 Å². The maximum absolute atomic E-state index is 10.4. The first-order valence-electron chi connectivity index (χ1n) is 4.07. The van der Waals surface area contributed by atoms with Crippen LogP contribution in [0.5, 0.6) is 5.75 Å². The molecule has 0 saturated carbocycles. The molecule has 0 atom stereocenters. The molecule has 17 heavy (non-hydrogen) atoms. The van der Waals surface area contributed by atoms with Crippen LogP contribution in [-0.2, 0) is 0 Å². The van der Waals surface area contributed by atoms with Gasteiger partial charge in [0.05, 0.1) is 4.92 Å². The number of nitro benzene ring substituents is 1. The van der Waals surface area contributed by atoms with Gasteiger partial charge in [-0.1, -0.05) is 7.43 Å². The zero-order chi connectivity index (χ0) is 12.1. The zero-order valence-corrected chi connectivity index (χ0v) is 7.91. The lowest BCUT2D eigenvalue weighted by molar-refractivity contribution is -0.385. The van der Waals surface area contributed by atoms with Gasteiger partial charge in [-0.05, 0) is 23.8 Å². The average Bonchev–Trinajstić information content (AvgIpc) is 2.25. The highest BCUT2D eigenvalue weighted by atomic mass is 16.6. The number of phenols is 1. The molecular weight excluding hydrogens is 222 g/mol. The van der Waals surface area contributed by atoms with E-state index in [1.54, 1.807) is 12.1 Å². The Bertz CT molecular complexity index is 534. The summed E-state index contributed by atoms with van der Waals surface area (Å²) in [5, 5.41) is 36.7. The van der Waals surface area contributed by atoms with Crippen molar-refractivity contribution in [3.05, 3.63) is 39.4 Å². The summed E-state index contributed by atoms with van der Waals surface area (Å²) >= 11 is 0. The average molecular weight is 231 g/mol. The topological polar surface area (TPSA) is 111 Å². The molecule has 6 nitrogen and oxygen atoms in total. The van der Waals surface area contributed by atoms with Crippen molar-refractivity contribution in [2.45, 2.75) is 7.43 Å². The maximum Gasteiger partial charge on any atom is 0.310 e. The number of nitrogens with zero attached hydrogens (tertiary/aromatic N) is 3. The van der Waals surface area contributed by atoms with Gasteiger partial charge in [-0.25, -0.2) is 0 Å². The van der Waals surface area contributed by atoms with Gasteiger partial charge in [0.15, 0.2) is 5.75 Å². The second-order valence-electron chi connectivity index (χ2n) is 2.79. The van der Waals surface area contributed by atoms with Crippen LogP contribution >= 0.6 is 0 Å². The Morgan fingerprint density at radius 1 is 1.41 bits per heavy atom. The number of hydrogen-bond acceptors (Lipinski definition) is 5. The summed E-state index contributed by atoms with van der Waals surface area (Å²) in [6, 6.07) is 6.85. The molecule has 0 saturated heterocycles. The molecule has 0 heterocycles. The molecule has 1 aromatic carbocycles. The van der Waals surface area contributed by atoms with Gasteiger partial charge in [0.1, 0.15) is 17.7 Å². The van der Waals surface area contributed by atoms with Gasteiger partial charge >= 0.3 is 5.69 Å². The van der Waals surface area contributed by atoms with Gasteiger partial charge in [0.25, 0.3) is 0 Å².